The maximum atomic E-state index is 12.5. The lowest BCUT2D eigenvalue weighted by Gasteiger charge is -2.32. The van der Waals surface area contributed by atoms with Crippen molar-refractivity contribution in [3.63, 3.8) is 0 Å². The van der Waals surface area contributed by atoms with Gasteiger partial charge in [0.05, 0.1) is 5.56 Å². The lowest BCUT2D eigenvalue weighted by atomic mass is 9.81. The van der Waals surface area contributed by atoms with E-state index in [9.17, 15) is 9.90 Å². The largest absolute Gasteiger partial charge is 0.374 e. The fourth-order valence-corrected chi connectivity index (χ4v) is 4.26. The Bertz CT molecular complexity index is 554. The fourth-order valence-electron chi connectivity index (χ4n) is 3.55. The third-order valence-electron chi connectivity index (χ3n) is 4.50. The smallest absolute Gasteiger partial charge is 0.257 e. The number of hydrogen-bond donors (Lipinski definition) is 3. The molecule has 0 amide bonds. The minimum absolute atomic E-state index is 0.0325. The van der Waals surface area contributed by atoms with E-state index in [2.05, 4.69) is 22.2 Å². The Kier molecular flexibility index (Phi) is 4.54. The zero-order valence-electron chi connectivity index (χ0n) is 12.4. The molecule has 3 rings (SSSR count). The van der Waals surface area contributed by atoms with Crippen LogP contribution in [0.2, 0.25) is 0 Å². The van der Waals surface area contributed by atoms with Crippen LogP contribution in [0.1, 0.15) is 56.9 Å². The fraction of sp³-hybridized carbons (Fsp3) is 0.733. The second kappa shape index (κ2) is 6.40. The van der Waals surface area contributed by atoms with E-state index in [1.165, 1.54) is 12.8 Å². The number of aromatic amines is 1. The standard InChI is InChI=1S/C15H23N3O2S/c1-2-7-21-15-17-13-12(14(20)18-15)10(8-11(19)16-13)9-5-3-4-6-9/h9-11,19H,2-8H2,1H3,(H2,16,17,18,20). The third kappa shape index (κ3) is 3.11. The molecule has 0 aromatic carbocycles. The summed E-state index contributed by atoms with van der Waals surface area (Å²) >= 11 is 1.55. The first-order chi connectivity index (χ1) is 10.2. The maximum Gasteiger partial charge on any atom is 0.257 e. The van der Waals surface area contributed by atoms with Crippen LogP contribution in [0.5, 0.6) is 0 Å². The molecule has 1 aromatic rings. The average molecular weight is 309 g/mol. The van der Waals surface area contributed by atoms with Crippen molar-refractivity contribution in [3.8, 4) is 0 Å². The van der Waals surface area contributed by atoms with E-state index in [0.29, 0.717) is 23.3 Å². The van der Waals surface area contributed by atoms with Crippen LogP contribution in [-0.4, -0.2) is 27.1 Å². The Balaban J connectivity index is 1.94. The molecule has 5 nitrogen and oxygen atoms in total. The Morgan fingerprint density at radius 3 is 2.86 bits per heavy atom. The van der Waals surface area contributed by atoms with Crippen LogP contribution in [0.3, 0.4) is 0 Å². The number of nitrogens with one attached hydrogen (secondary N) is 2. The summed E-state index contributed by atoms with van der Waals surface area (Å²) < 4.78 is 0. The SMILES string of the molecule is CCCSc1nc2c(c(=O)[nH]1)C(C1CCCC1)CC(O)N2. The summed E-state index contributed by atoms with van der Waals surface area (Å²) in [5, 5.41) is 13.7. The molecule has 116 valence electrons. The number of nitrogens with zero attached hydrogens (tertiary/aromatic N) is 1. The molecular formula is C15H23N3O2S. The van der Waals surface area contributed by atoms with Crippen LogP contribution in [0, 0.1) is 5.92 Å². The van der Waals surface area contributed by atoms with Crippen LogP contribution >= 0.6 is 11.8 Å². The molecule has 1 aliphatic carbocycles. The molecule has 2 aliphatic rings. The summed E-state index contributed by atoms with van der Waals surface area (Å²) in [6.45, 7) is 2.10. The highest BCUT2D eigenvalue weighted by atomic mass is 32.2. The molecule has 2 heterocycles. The normalized spacial score (nSPS) is 25.6. The van der Waals surface area contributed by atoms with Crippen LogP contribution in [0.25, 0.3) is 0 Å². The van der Waals surface area contributed by atoms with Crippen molar-refractivity contribution < 1.29 is 5.11 Å². The zero-order valence-corrected chi connectivity index (χ0v) is 13.2. The molecule has 1 saturated carbocycles. The third-order valence-corrected chi connectivity index (χ3v) is 5.58. The summed E-state index contributed by atoms with van der Waals surface area (Å²) in [5.74, 6) is 2.17. The van der Waals surface area contributed by atoms with E-state index < -0.39 is 6.23 Å². The van der Waals surface area contributed by atoms with Crippen molar-refractivity contribution in [2.75, 3.05) is 11.1 Å². The van der Waals surface area contributed by atoms with Crippen molar-refractivity contribution in [2.45, 2.75) is 62.8 Å². The number of anilines is 1. The number of aliphatic hydroxyl groups excluding tert-OH is 1. The van der Waals surface area contributed by atoms with Crippen molar-refractivity contribution in [2.24, 2.45) is 5.92 Å². The van der Waals surface area contributed by atoms with Crippen molar-refractivity contribution >= 4 is 17.6 Å². The van der Waals surface area contributed by atoms with Gasteiger partial charge < -0.3 is 15.4 Å². The zero-order chi connectivity index (χ0) is 14.8. The first-order valence-corrected chi connectivity index (χ1v) is 8.89. The highest BCUT2D eigenvalue weighted by molar-refractivity contribution is 7.99. The number of fused-ring (bicyclic) bond motifs is 1. The maximum absolute atomic E-state index is 12.5. The number of H-pyrrole nitrogens is 1. The summed E-state index contributed by atoms with van der Waals surface area (Å²) in [7, 11) is 0. The van der Waals surface area contributed by atoms with Gasteiger partial charge in [0.25, 0.3) is 5.56 Å². The quantitative estimate of drug-likeness (QED) is 0.589. The summed E-state index contributed by atoms with van der Waals surface area (Å²) in [6, 6.07) is 0. The highest BCUT2D eigenvalue weighted by Crippen LogP contribution is 2.43. The molecule has 6 heteroatoms. The Morgan fingerprint density at radius 1 is 1.38 bits per heavy atom. The first kappa shape index (κ1) is 14.9. The lowest BCUT2D eigenvalue weighted by molar-refractivity contribution is 0.161. The highest BCUT2D eigenvalue weighted by Gasteiger charge is 2.36. The van der Waals surface area contributed by atoms with Gasteiger partial charge in [-0.25, -0.2) is 4.98 Å². The van der Waals surface area contributed by atoms with Crippen LogP contribution in [0.15, 0.2) is 9.95 Å². The first-order valence-electron chi connectivity index (χ1n) is 7.90. The summed E-state index contributed by atoms with van der Waals surface area (Å²) in [5.41, 5.74) is 0.725. The lowest BCUT2D eigenvalue weighted by Crippen LogP contribution is -2.36. The molecule has 0 spiro atoms. The Hall–Kier alpha value is -1.01. The van der Waals surface area contributed by atoms with Gasteiger partial charge in [0, 0.05) is 11.7 Å². The molecule has 1 aliphatic heterocycles. The van der Waals surface area contributed by atoms with Gasteiger partial charge in [0.2, 0.25) is 0 Å². The van der Waals surface area contributed by atoms with Gasteiger partial charge in [0.1, 0.15) is 12.0 Å². The van der Waals surface area contributed by atoms with Gasteiger partial charge in [-0.1, -0.05) is 31.5 Å². The van der Waals surface area contributed by atoms with E-state index in [4.69, 9.17) is 0 Å². The molecule has 21 heavy (non-hydrogen) atoms. The van der Waals surface area contributed by atoms with E-state index in [1.54, 1.807) is 11.8 Å². The van der Waals surface area contributed by atoms with Crippen LogP contribution in [0.4, 0.5) is 5.82 Å². The number of aromatic nitrogens is 2. The molecule has 2 unspecified atom stereocenters. The molecule has 1 fully saturated rings. The molecule has 1 aromatic heterocycles. The van der Waals surface area contributed by atoms with E-state index in [1.807, 2.05) is 0 Å². The van der Waals surface area contributed by atoms with Gasteiger partial charge in [-0.05, 0) is 31.6 Å². The summed E-state index contributed by atoms with van der Waals surface area (Å²) in [4.78, 5) is 19.9. The van der Waals surface area contributed by atoms with Crippen LogP contribution < -0.4 is 10.9 Å². The minimum atomic E-state index is -0.596. The predicted molar refractivity (Wildman–Crippen MR) is 84.8 cm³/mol. The van der Waals surface area contributed by atoms with E-state index in [0.717, 1.165) is 30.6 Å². The average Bonchev–Trinajstić information content (AvgIpc) is 2.97. The number of aliphatic hydroxyl groups is 1. The molecule has 3 N–H and O–H groups in total. The van der Waals surface area contributed by atoms with Gasteiger partial charge in [-0.2, -0.15) is 0 Å². The molecule has 2 atom stereocenters. The van der Waals surface area contributed by atoms with Crippen molar-refractivity contribution in [1.29, 1.82) is 0 Å². The van der Waals surface area contributed by atoms with Crippen LogP contribution in [-0.2, 0) is 0 Å². The number of rotatable bonds is 4. The van der Waals surface area contributed by atoms with Gasteiger partial charge in [-0.15, -0.1) is 0 Å². The molecule has 0 bridgehead atoms. The number of thioether (sulfide) groups is 1. The molecular weight excluding hydrogens is 286 g/mol. The van der Waals surface area contributed by atoms with Crippen molar-refractivity contribution in [3.05, 3.63) is 15.9 Å². The van der Waals surface area contributed by atoms with Gasteiger partial charge in [0.15, 0.2) is 5.16 Å². The Labute approximate surface area is 129 Å². The topological polar surface area (TPSA) is 78.0 Å². The van der Waals surface area contributed by atoms with Gasteiger partial charge in [-0.3, -0.25) is 4.79 Å². The minimum Gasteiger partial charge on any atom is -0.374 e. The molecule has 0 radical (unpaired) electrons. The second-order valence-corrected chi connectivity index (χ2v) is 7.11. The van der Waals surface area contributed by atoms with E-state index in [-0.39, 0.29) is 11.5 Å². The summed E-state index contributed by atoms with van der Waals surface area (Å²) in [6.07, 6.45) is 5.83. The monoisotopic (exact) mass is 309 g/mol. The predicted octanol–water partition coefficient (Wildman–Crippen LogP) is 2.68. The van der Waals surface area contributed by atoms with Gasteiger partial charge >= 0.3 is 0 Å². The number of hydrogen-bond acceptors (Lipinski definition) is 5. The Morgan fingerprint density at radius 2 is 2.14 bits per heavy atom. The molecule has 0 saturated heterocycles. The second-order valence-electron chi connectivity index (χ2n) is 6.03. The van der Waals surface area contributed by atoms with E-state index >= 15 is 0 Å². The van der Waals surface area contributed by atoms with Crippen molar-refractivity contribution in [1.82, 2.24) is 9.97 Å².